The van der Waals surface area contributed by atoms with E-state index in [1.165, 1.54) is 11.8 Å². The smallest absolute Gasteiger partial charge is 0.234 e. The second-order valence-corrected chi connectivity index (χ2v) is 8.30. The van der Waals surface area contributed by atoms with Crippen molar-refractivity contribution in [3.05, 3.63) is 69.8 Å². The predicted octanol–water partition coefficient (Wildman–Crippen LogP) is 4.41. The third kappa shape index (κ3) is 5.68. The summed E-state index contributed by atoms with van der Waals surface area (Å²) in [5, 5.41) is 15.9. The summed E-state index contributed by atoms with van der Waals surface area (Å²) in [6.45, 7) is 6.38. The van der Waals surface area contributed by atoms with E-state index in [9.17, 15) is 14.9 Å². The lowest BCUT2D eigenvalue weighted by atomic mass is 9.87. The predicted molar refractivity (Wildman–Crippen MR) is 123 cm³/mol. The maximum absolute atomic E-state index is 12.5. The molecule has 0 aliphatic carbocycles. The number of rotatable bonds is 7. The zero-order valence-electron chi connectivity index (χ0n) is 17.8. The second kappa shape index (κ2) is 10.2. The number of hydrogen-bond donors (Lipinski definition) is 2. The molecule has 2 aromatic rings. The number of benzene rings is 2. The van der Waals surface area contributed by atoms with E-state index in [1.54, 1.807) is 0 Å². The summed E-state index contributed by atoms with van der Waals surface area (Å²) >= 11 is 1.17. The van der Waals surface area contributed by atoms with E-state index >= 15 is 0 Å². The summed E-state index contributed by atoms with van der Waals surface area (Å²) in [6, 6.07) is 15.5. The number of amides is 2. The van der Waals surface area contributed by atoms with Crippen LogP contribution in [-0.2, 0) is 9.59 Å². The highest BCUT2D eigenvalue weighted by Gasteiger charge is 2.30. The molecule has 0 bridgehead atoms. The summed E-state index contributed by atoms with van der Waals surface area (Å²) < 4.78 is 5.47. The zero-order chi connectivity index (χ0) is 22.4. The van der Waals surface area contributed by atoms with Crippen LogP contribution in [-0.4, -0.2) is 24.2 Å². The summed E-state index contributed by atoms with van der Waals surface area (Å²) in [5.41, 5.74) is 4.13. The summed E-state index contributed by atoms with van der Waals surface area (Å²) in [7, 11) is 0. The van der Waals surface area contributed by atoms with Gasteiger partial charge in [-0.05, 0) is 55.7 Å². The molecule has 2 N–H and O–H groups in total. The van der Waals surface area contributed by atoms with Gasteiger partial charge in [0.05, 0.1) is 29.0 Å². The fourth-order valence-electron chi connectivity index (χ4n) is 3.38. The Labute approximate surface area is 186 Å². The largest absolute Gasteiger partial charge is 0.494 e. The molecule has 0 spiro atoms. The molecular formula is C24H25N3O3S. The number of nitriles is 1. The third-order valence-electron chi connectivity index (χ3n) is 4.96. The van der Waals surface area contributed by atoms with Gasteiger partial charge in [0, 0.05) is 18.0 Å². The molecule has 0 fully saturated rings. The van der Waals surface area contributed by atoms with Gasteiger partial charge in [-0.1, -0.05) is 36.0 Å². The number of hydrogen-bond acceptors (Lipinski definition) is 5. The molecule has 6 nitrogen and oxygen atoms in total. The van der Waals surface area contributed by atoms with Crippen LogP contribution in [0.4, 0.5) is 5.69 Å². The highest BCUT2D eigenvalue weighted by atomic mass is 32.2. The van der Waals surface area contributed by atoms with E-state index in [-0.39, 0.29) is 29.9 Å². The van der Waals surface area contributed by atoms with Crippen LogP contribution >= 0.6 is 11.8 Å². The highest BCUT2D eigenvalue weighted by Crippen LogP contribution is 2.36. The van der Waals surface area contributed by atoms with Crippen molar-refractivity contribution >= 4 is 29.3 Å². The Morgan fingerprint density at radius 2 is 2.00 bits per heavy atom. The van der Waals surface area contributed by atoms with Gasteiger partial charge in [0.2, 0.25) is 11.8 Å². The maximum Gasteiger partial charge on any atom is 0.234 e. The minimum Gasteiger partial charge on any atom is -0.494 e. The van der Waals surface area contributed by atoms with Crippen molar-refractivity contribution in [1.82, 2.24) is 5.32 Å². The number of aryl methyl sites for hydroxylation is 2. The van der Waals surface area contributed by atoms with Crippen LogP contribution in [0.25, 0.3) is 0 Å². The molecule has 2 amide bonds. The SMILES string of the molecule is CCOc1ccc([C@H]2CC(=O)NC(SCC(=O)Nc3cc(C)ccc3C)=C2C#N)cc1. The Hall–Kier alpha value is -3.24. The van der Waals surface area contributed by atoms with Crippen molar-refractivity contribution in [3.8, 4) is 11.8 Å². The van der Waals surface area contributed by atoms with Gasteiger partial charge in [-0.25, -0.2) is 0 Å². The molecule has 3 rings (SSSR count). The average molecular weight is 436 g/mol. The molecule has 0 radical (unpaired) electrons. The molecule has 1 atom stereocenters. The number of ether oxygens (including phenoxy) is 1. The van der Waals surface area contributed by atoms with Crippen LogP contribution in [0.3, 0.4) is 0 Å². The zero-order valence-corrected chi connectivity index (χ0v) is 18.6. The van der Waals surface area contributed by atoms with Crippen molar-refractivity contribution in [3.63, 3.8) is 0 Å². The van der Waals surface area contributed by atoms with Crippen molar-refractivity contribution in [1.29, 1.82) is 5.26 Å². The van der Waals surface area contributed by atoms with Crippen LogP contribution < -0.4 is 15.4 Å². The summed E-state index contributed by atoms with van der Waals surface area (Å²) in [4.78, 5) is 24.8. The monoisotopic (exact) mass is 435 g/mol. The lowest BCUT2D eigenvalue weighted by molar-refractivity contribution is -0.121. The van der Waals surface area contributed by atoms with E-state index in [0.29, 0.717) is 17.2 Å². The number of thioether (sulfide) groups is 1. The van der Waals surface area contributed by atoms with Gasteiger partial charge >= 0.3 is 0 Å². The Kier molecular flexibility index (Phi) is 7.37. The molecule has 31 heavy (non-hydrogen) atoms. The third-order valence-corrected chi connectivity index (χ3v) is 5.98. The van der Waals surface area contributed by atoms with E-state index in [1.807, 2.05) is 63.2 Å². The Balaban J connectivity index is 1.75. The van der Waals surface area contributed by atoms with E-state index in [4.69, 9.17) is 4.74 Å². The number of anilines is 1. The van der Waals surface area contributed by atoms with Gasteiger partial charge < -0.3 is 15.4 Å². The first-order valence-corrected chi connectivity index (χ1v) is 11.1. The minimum atomic E-state index is -0.348. The number of nitrogens with one attached hydrogen (secondary N) is 2. The van der Waals surface area contributed by atoms with Crippen molar-refractivity contribution in [2.45, 2.75) is 33.1 Å². The lowest BCUT2D eigenvalue weighted by Crippen LogP contribution is -2.31. The Morgan fingerprint density at radius 1 is 1.26 bits per heavy atom. The molecule has 0 unspecified atom stereocenters. The molecule has 7 heteroatoms. The Morgan fingerprint density at radius 3 is 2.68 bits per heavy atom. The topological polar surface area (TPSA) is 91.2 Å². The van der Waals surface area contributed by atoms with Crippen LogP contribution in [0.5, 0.6) is 5.75 Å². The van der Waals surface area contributed by atoms with E-state index < -0.39 is 0 Å². The average Bonchev–Trinajstić information content (AvgIpc) is 2.75. The quantitative estimate of drug-likeness (QED) is 0.672. The van der Waals surface area contributed by atoms with Gasteiger partial charge in [-0.3, -0.25) is 9.59 Å². The molecule has 1 aliphatic rings. The number of carbonyl (C=O) groups excluding carboxylic acids is 2. The normalized spacial score (nSPS) is 15.8. The number of nitrogens with zero attached hydrogens (tertiary/aromatic N) is 1. The molecule has 0 saturated carbocycles. The molecule has 1 aliphatic heterocycles. The fourth-order valence-corrected chi connectivity index (χ4v) is 4.25. The maximum atomic E-state index is 12.5. The van der Waals surface area contributed by atoms with Crippen LogP contribution in [0.1, 0.15) is 36.0 Å². The first-order chi connectivity index (χ1) is 14.9. The van der Waals surface area contributed by atoms with Gasteiger partial charge in [0.15, 0.2) is 0 Å². The first-order valence-electron chi connectivity index (χ1n) is 10.1. The highest BCUT2D eigenvalue weighted by molar-refractivity contribution is 8.03. The fraction of sp³-hybridized carbons (Fsp3) is 0.292. The number of carbonyl (C=O) groups is 2. The van der Waals surface area contributed by atoms with E-state index in [2.05, 4.69) is 16.7 Å². The first kappa shape index (κ1) is 22.4. The van der Waals surface area contributed by atoms with Gasteiger partial charge in [0.25, 0.3) is 0 Å². The van der Waals surface area contributed by atoms with Crippen LogP contribution in [0.2, 0.25) is 0 Å². The molecule has 1 heterocycles. The molecule has 0 saturated heterocycles. The van der Waals surface area contributed by atoms with E-state index in [0.717, 1.165) is 28.1 Å². The van der Waals surface area contributed by atoms with Crippen LogP contribution in [0.15, 0.2) is 53.1 Å². The summed E-state index contributed by atoms with van der Waals surface area (Å²) in [6.07, 6.45) is 0.190. The van der Waals surface area contributed by atoms with Crippen molar-refractivity contribution < 1.29 is 14.3 Å². The van der Waals surface area contributed by atoms with Crippen LogP contribution in [0, 0.1) is 25.2 Å². The molecule has 160 valence electrons. The van der Waals surface area contributed by atoms with Gasteiger partial charge in [-0.2, -0.15) is 5.26 Å². The molecular weight excluding hydrogens is 410 g/mol. The summed E-state index contributed by atoms with van der Waals surface area (Å²) in [5.74, 6) is 0.117. The molecule has 2 aromatic carbocycles. The minimum absolute atomic E-state index is 0.0875. The van der Waals surface area contributed by atoms with Crippen molar-refractivity contribution in [2.24, 2.45) is 0 Å². The molecule has 0 aromatic heterocycles. The van der Waals surface area contributed by atoms with Gasteiger partial charge in [0.1, 0.15) is 5.75 Å². The lowest BCUT2D eigenvalue weighted by Gasteiger charge is -2.25. The number of allylic oxidation sites excluding steroid dienone is 1. The standard InChI is InChI=1S/C24H25N3O3S/c1-4-30-18-9-7-17(8-10-18)19-12-22(28)27-24(20(19)13-25)31-14-23(29)26-21-11-15(2)5-6-16(21)3/h5-11,19H,4,12,14H2,1-3H3,(H,26,29)(H,27,28)/t19-/m1/s1. The second-order valence-electron chi connectivity index (χ2n) is 7.32. The van der Waals surface area contributed by atoms with Crippen molar-refractivity contribution in [2.75, 3.05) is 17.7 Å². The van der Waals surface area contributed by atoms with Gasteiger partial charge in [-0.15, -0.1) is 0 Å². The Bertz CT molecular complexity index is 1050.